The van der Waals surface area contributed by atoms with Gasteiger partial charge in [-0.15, -0.1) is 0 Å². The number of nitrogens with zero attached hydrogens (tertiary/aromatic N) is 5. The minimum absolute atomic E-state index is 0.0254. The molecule has 198 valence electrons. The number of likely N-dealkylation sites (tertiary alicyclic amines) is 1. The van der Waals surface area contributed by atoms with Gasteiger partial charge in [0.25, 0.3) is 5.91 Å². The molecule has 1 aliphatic heterocycles. The quantitative estimate of drug-likeness (QED) is 0.370. The highest BCUT2D eigenvalue weighted by atomic mass is 19.1. The summed E-state index contributed by atoms with van der Waals surface area (Å²) in [7, 11) is 0. The van der Waals surface area contributed by atoms with E-state index in [1.165, 1.54) is 16.9 Å². The Labute approximate surface area is 223 Å². The van der Waals surface area contributed by atoms with Gasteiger partial charge in [-0.05, 0) is 74.1 Å². The van der Waals surface area contributed by atoms with Crippen LogP contribution in [0.25, 0.3) is 22.0 Å². The summed E-state index contributed by atoms with van der Waals surface area (Å²) in [6.45, 7) is 1.69. The molecule has 3 N–H and O–H groups in total. The first kappa shape index (κ1) is 24.7. The molecular formula is C28H26FN7O3. The smallest absolute Gasteiger partial charge is 0.269 e. The van der Waals surface area contributed by atoms with Crippen molar-refractivity contribution in [2.24, 2.45) is 11.7 Å². The van der Waals surface area contributed by atoms with Gasteiger partial charge in [0, 0.05) is 28.9 Å². The number of nitrogens with two attached hydrogens (primary N) is 1. The van der Waals surface area contributed by atoms with E-state index in [0.717, 1.165) is 25.0 Å². The fraction of sp³-hybridized carbons (Fsp3) is 0.286. The number of primary amides is 1. The standard InChI is InChI=1S/C28H26FN7O3/c1-15-3-2-4-23(32-15)33-28(39)26-17-5-8-19(11-17)36(26)24(37)14-35-21-9-6-16(18-7-10-22(29)31-13-18)12-20(21)25(34-35)27(30)38/h2-4,6-7,9-10,12-13,17,19,26H,5,8,11,14H2,1H3,(H2,30,38)(H,32,33,39)/t17?,19?,26-/m0/s1. The van der Waals surface area contributed by atoms with E-state index in [2.05, 4.69) is 20.4 Å². The largest absolute Gasteiger partial charge is 0.364 e. The lowest BCUT2D eigenvalue weighted by Gasteiger charge is -2.34. The van der Waals surface area contributed by atoms with Gasteiger partial charge in [0.15, 0.2) is 5.69 Å². The monoisotopic (exact) mass is 527 g/mol. The molecule has 1 saturated carbocycles. The van der Waals surface area contributed by atoms with E-state index in [-0.39, 0.29) is 36.0 Å². The third-order valence-electron chi connectivity index (χ3n) is 7.61. The maximum Gasteiger partial charge on any atom is 0.269 e. The van der Waals surface area contributed by atoms with E-state index >= 15 is 0 Å². The number of aryl methyl sites for hydroxylation is 1. The zero-order chi connectivity index (χ0) is 27.3. The molecule has 3 amide bonds. The zero-order valence-corrected chi connectivity index (χ0v) is 21.2. The van der Waals surface area contributed by atoms with Gasteiger partial charge in [0.05, 0.1) is 5.52 Å². The molecule has 6 rings (SSSR count). The van der Waals surface area contributed by atoms with Gasteiger partial charge in [-0.1, -0.05) is 12.1 Å². The van der Waals surface area contributed by atoms with Crippen molar-refractivity contribution in [3.63, 3.8) is 0 Å². The highest BCUT2D eigenvalue weighted by molar-refractivity contribution is 6.05. The highest BCUT2D eigenvalue weighted by Gasteiger charge is 2.51. The topological polar surface area (TPSA) is 136 Å². The Morgan fingerprint density at radius 2 is 1.92 bits per heavy atom. The number of halogens is 1. The predicted octanol–water partition coefficient (Wildman–Crippen LogP) is 3.06. The van der Waals surface area contributed by atoms with Crippen LogP contribution in [0.2, 0.25) is 0 Å². The maximum atomic E-state index is 13.7. The van der Waals surface area contributed by atoms with Crippen molar-refractivity contribution in [2.75, 3.05) is 5.32 Å². The molecule has 1 saturated heterocycles. The molecular weight excluding hydrogens is 501 g/mol. The highest BCUT2D eigenvalue weighted by Crippen LogP contribution is 2.43. The number of anilines is 1. The van der Waals surface area contributed by atoms with Gasteiger partial charge < -0.3 is 16.0 Å². The summed E-state index contributed by atoms with van der Waals surface area (Å²) in [6.07, 6.45) is 3.89. The number of benzene rings is 1. The summed E-state index contributed by atoms with van der Waals surface area (Å²) >= 11 is 0. The third-order valence-corrected chi connectivity index (χ3v) is 7.61. The van der Waals surface area contributed by atoms with E-state index in [1.54, 1.807) is 35.2 Å². The number of pyridine rings is 2. The number of rotatable bonds is 6. The van der Waals surface area contributed by atoms with E-state index in [9.17, 15) is 18.8 Å². The minimum Gasteiger partial charge on any atom is -0.364 e. The Bertz CT molecular complexity index is 1620. The summed E-state index contributed by atoms with van der Waals surface area (Å²) in [5.74, 6) is -1.32. The van der Waals surface area contributed by atoms with Gasteiger partial charge in [-0.25, -0.2) is 9.97 Å². The summed E-state index contributed by atoms with van der Waals surface area (Å²) in [5, 5.41) is 7.72. The average molecular weight is 528 g/mol. The lowest BCUT2D eigenvalue weighted by Crippen LogP contribution is -2.52. The molecule has 4 aromatic rings. The SMILES string of the molecule is Cc1cccc(NC(=O)[C@@H]2C3CCC(C3)N2C(=O)Cn2nc(C(N)=O)c3cc(-c4ccc(F)nc4)ccc32)n1. The number of hydrogen-bond donors (Lipinski definition) is 2. The lowest BCUT2D eigenvalue weighted by molar-refractivity contribution is -0.141. The summed E-state index contributed by atoms with van der Waals surface area (Å²) < 4.78 is 14.7. The van der Waals surface area contributed by atoms with Crippen LogP contribution in [0.3, 0.4) is 0 Å². The lowest BCUT2D eigenvalue weighted by atomic mass is 9.97. The Morgan fingerprint density at radius 3 is 2.67 bits per heavy atom. The van der Waals surface area contributed by atoms with Crippen molar-refractivity contribution in [1.29, 1.82) is 0 Å². The average Bonchev–Trinajstić information content (AvgIpc) is 3.62. The van der Waals surface area contributed by atoms with E-state index in [4.69, 9.17) is 5.73 Å². The molecule has 3 aromatic heterocycles. The number of carbonyl (C=O) groups excluding carboxylic acids is 3. The predicted molar refractivity (Wildman–Crippen MR) is 141 cm³/mol. The van der Waals surface area contributed by atoms with Crippen molar-refractivity contribution in [1.82, 2.24) is 24.6 Å². The molecule has 11 heteroatoms. The molecule has 39 heavy (non-hydrogen) atoms. The van der Waals surface area contributed by atoms with Crippen LogP contribution in [0, 0.1) is 18.8 Å². The number of amides is 3. The molecule has 1 aliphatic carbocycles. The van der Waals surface area contributed by atoms with Crippen LogP contribution < -0.4 is 11.1 Å². The second kappa shape index (κ2) is 9.57. The second-order valence-electron chi connectivity index (χ2n) is 10.1. The molecule has 2 unspecified atom stereocenters. The van der Waals surface area contributed by atoms with E-state index < -0.39 is 17.9 Å². The molecule has 1 aromatic carbocycles. The van der Waals surface area contributed by atoms with Crippen molar-refractivity contribution >= 4 is 34.4 Å². The number of fused-ring (bicyclic) bond motifs is 3. The van der Waals surface area contributed by atoms with Gasteiger partial charge in [0.2, 0.25) is 17.8 Å². The summed E-state index contributed by atoms with van der Waals surface area (Å²) in [5.41, 5.74) is 8.32. The summed E-state index contributed by atoms with van der Waals surface area (Å²) in [6, 6.07) is 12.8. The Kier molecular flexibility index (Phi) is 6.05. The van der Waals surface area contributed by atoms with Crippen molar-refractivity contribution in [2.45, 2.75) is 44.8 Å². The van der Waals surface area contributed by atoms with E-state index in [0.29, 0.717) is 27.8 Å². The molecule has 0 spiro atoms. The molecule has 2 bridgehead atoms. The number of hydrogen-bond acceptors (Lipinski definition) is 6. The number of nitrogens with one attached hydrogen (secondary N) is 1. The number of piperidine rings is 1. The van der Waals surface area contributed by atoms with Crippen molar-refractivity contribution < 1.29 is 18.8 Å². The Balaban J connectivity index is 1.29. The van der Waals surface area contributed by atoms with Crippen LogP contribution in [0.5, 0.6) is 0 Å². The Hall–Kier alpha value is -4.67. The number of carbonyl (C=O) groups is 3. The first-order chi connectivity index (χ1) is 18.8. The van der Waals surface area contributed by atoms with Gasteiger partial charge in [0.1, 0.15) is 18.4 Å². The first-order valence-corrected chi connectivity index (χ1v) is 12.8. The normalized spacial score (nSPS) is 19.9. The van der Waals surface area contributed by atoms with Crippen LogP contribution in [-0.2, 0) is 16.1 Å². The van der Waals surface area contributed by atoms with E-state index in [1.807, 2.05) is 19.1 Å². The third kappa shape index (κ3) is 4.49. The van der Waals surface area contributed by atoms with Crippen LogP contribution in [-0.4, -0.2) is 54.5 Å². The van der Waals surface area contributed by atoms with Gasteiger partial charge >= 0.3 is 0 Å². The van der Waals surface area contributed by atoms with Gasteiger partial charge in [-0.2, -0.15) is 9.49 Å². The van der Waals surface area contributed by atoms with Gasteiger partial charge in [-0.3, -0.25) is 19.1 Å². The fourth-order valence-corrected chi connectivity index (χ4v) is 5.91. The molecule has 4 heterocycles. The Morgan fingerprint density at radius 1 is 1.10 bits per heavy atom. The van der Waals surface area contributed by atoms with Crippen LogP contribution in [0.4, 0.5) is 10.2 Å². The molecule has 0 radical (unpaired) electrons. The molecule has 2 aliphatic rings. The van der Waals surface area contributed by atoms with Crippen LogP contribution in [0.1, 0.15) is 35.4 Å². The second-order valence-corrected chi connectivity index (χ2v) is 10.1. The zero-order valence-electron chi connectivity index (χ0n) is 21.2. The maximum absolute atomic E-state index is 13.7. The molecule has 10 nitrogen and oxygen atoms in total. The molecule has 3 atom stereocenters. The van der Waals surface area contributed by atoms with Crippen LogP contribution in [0.15, 0.2) is 54.7 Å². The van der Waals surface area contributed by atoms with Crippen molar-refractivity contribution in [3.8, 4) is 11.1 Å². The number of aromatic nitrogens is 4. The van der Waals surface area contributed by atoms with Crippen LogP contribution >= 0.6 is 0 Å². The minimum atomic E-state index is -0.733. The fourth-order valence-electron chi connectivity index (χ4n) is 5.91. The first-order valence-electron chi connectivity index (χ1n) is 12.8. The summed E-state index contributed by atoms with van der Waals surface area (Å²) in [4.78, 5) is 49.0. The molecule has 2 fully saturated rings. The van der Waals surface area contributed by atoms with Crippen molar-refractivity contribution in [3.05, 3.63) is 72.1 Å².